The Balaban J connectivity index is 1.47. The number of nitrogen functional groups attached to an aromatic ring is 1. The van der Waals surface area contributed by atoms with Crippen molar-refractivity contribution in [3.8, 4) is 18.1 Å². The first kappa shape index (κ1) is 43.1. The normalized spacial score (nSPS) is 19.5. The molecule has 5 rings (SSSR count). The van der Waals surface area contributed by atoms with Gasteiger partial charge in [0.15, 0.2) is 22.6 Å². The van der Waals surface area contributed by atoms with Crippen molar-refractivity contribution in [1.29, 1.82) is 0 Å². The van der Waals surface area contributed by atoms with Crippen LogP contribution in [0.4, 0.5) is 19.0 Å². The smallest absolute Gasteiger partial charge is 0.459 e. The molecule has 1 fully saturated rings. The number of para-hydroxylation sites is 1. The Morgan fingerprint density at radius 1 is 1.09 bits per heavy atom. The summed E-state index contributed by atoms with van der Waals surface area (Å²) in [6.07, 6.45) is 8.44. The molecule has 3 heterocycles. The van der Waals surface area contributed by atoms with Gasteiger partial charge < -0.3 is 24.5 Å². The van der Waals surface area contributed by atoms with Gasteiger partial charge >= 0.3 is 25.8 Å². The van der Waals surface area contributed by atoms with Gasteiger partial charge in [-0.3, -0.25) is 18.7 Å². The number of carbonyl (C=O) groups is 2. The van der Waals surface area contributed by atoms with Gasteiger partial charge in [-0.15, -0.1) is 6.42 Å². The predicted octanol–water partition coefficient (Wildman–Crippen LogP) is 7.14. The van der Waals surface area contributed by atoms with Gasteiger partial charge in [0.2, 0.25) is 0 Å². The van der Waals surface area contributed by atoms with Crippen LogP contribution in [0.25, 0.3) is 11.2 Å². The van der Waals surface area contributed by atoms with Crippen molar-refractivity contribution in [1.82, 2.24) is 24.6 Å². The molecule has 5 atom stereocenters. The minimum atomic E-state index is -4.75. The Morgan fingerprint density at radius 3 is 2.47 bits per heavy atom. The summed E-state index contributed by atoms with van der Waals surface area (Å²) in [6.45, 7) is 4.52. The lowest BCUT2D eigenvalue weighted by atomic mass is 9.98. The molecule has 2 aromatic carbocycles. The molecule has 1 unspecified atom stereocenters. The zero-order valence-electron chi connectivity index (χ0n) is 31.9. The van der Waals surface area contributed by atoms with Crippen LogP contribution < -0.4 is 15.3 Å². The van der Waals surface area contributed by atoms with E-state index in [2.05, 4.69) is 32.9 Å². The van der Waals surface area contributed by atoms with Gasteiger partial charge in [0.1, 0.15) is 42.4 Å². The summed E-state index contributed by atoms with van der Waals surface area (Å²) >= 11 is 0. The van der Waals surface area contributed by atoms with Crippen molar-refractivity contribution in [2.75, 3.05) is 12.3 Å². The number of unbranched alkanes of at least 4 members (excludes halogenated alkanes) is 5. The number of carbonyl (C=O) groups excluding carboxylic acids is 2. The van der Waals surface area contributed by atoms with Gasteiger partial charge in [-0.2, -0.15) is 19.4 Å². The predicted molar refractivity (Wildman–Crippen MR) is 203 cm³/mol. The number of ether oxygens (including phenoxy) is 3. The van der Waals surface area contributed by atoms with Crippen LogP contribution in [0.1, 0.15) is 83.9 Å². The second-order valence-electron chi connectivity index (χ2n) is 13.9. The Bertz CT molecular complexity index is 2080. The summed E-state index contributed by atoms with van der Waals surface area (Å²) in [5.74, 6) is -0.969. The van der Waals surface area contributed by atoms with Crippen LogP contribution in [-0.4, -0.2) is 61.9 Å². The maximum atomic E-state index is 14.8. The quantitative estimate of drug-likeness (QED) is 0.0303. The lowest BCUT2D eigenvalue weighted by Gasteiger charge is -2.31. The average Bonchev–Trinajstić information content (AvgIpc) is 3.73. The number of benzene rings is 2. The summed E-state index contributed by atoms with van der Waals surface area (Å²) in [7, 11) is -4.75. The first-order chi connectivity index (χ1) is 27.2. The zero-order chi connectivity index (χ0) is 41.2. The molecule has 1 aliphatic rings. The van der Waals surface area contributed by atoms with Crippen LogP contribution in [0, 0.1) is 30.1 Å². The Kier molecular flexibility index (Phi) is 14.7. The largest absolute Gasteiger partial charge is 0.462 e. The molecule has 306 valence electrons. The number of hydrogen-bond donors (Lipinski definition) is 2. The highest BCUT2D eigenvalue weighted by atomic mass is 31.2. The van der Waals surface area contributed by atoms with Crippen LogP contribution in [0.3, 0.4) is 0 Å². The number of nitrogens with zero attached hydrogens (tertiary/aromatic N) is 4. The number of hydrogen-bond acceptors (Lipinski definition) is 12. The van der Waals surface area contributed by atoms with E-state index in [9.17, 15) is 27.3 Å². The fraction of sp³-hybridized carbons (Fsp3) is 0.462. The van der Waals surface area contributed by atoms with E-state index in [0.29, 0.717) is 12.5 Å². The van der Waals surface area contributed by atoms with Crippen molar-refractivity contribution in [2.45, 2.75) is 109 Å². The Labute approximate surface area is 328 Å². The number of esters is 2. The molecule has 2 aromatic heterocycles. The number of aromatic nitrogens is 4. The maximum absolute atomic E-state index is 14.8. The van der Waals surface area contributed by atoms with Crippen LogP contribution in [-0.2, 0) is 39.3 Å². The molecule has 4 aromatic rings. The second-order valence-corrected chi connectivity index (χ2v) is 15.6. The molecular formula is C39H46F3N6O8P. The number of imidazole rings is 1. The molecule has 0 bridgehead atoms. The fourth-order valence-electron chi connectivity index (χ4n) is 6.28. The monoisotopic (exact) mass is 814 g/mol. The molecule has 57 heavy (non-hydrogen) atoms. The van der Waals surface area contributed by atoms with Gasteiger partial charge in [0, 0.05) is 18.9 Å². The number of rotatable bonds is 20. The van der Waals surface area contributed by atoms with E-state index < -0.39 is 80.5 Å². The molecule has 0 radical (unpaired) electrons. The minimum Gasteiger partial charge on any atom is -0.462 e. The van der Waals surface area contributed by atoms with E-state index in [1.807, 2.05) is 0 Å². The molecule has 1 aliphatic heterocycles. The van der Waals surface area contributed by atoms with E-state index in [4.69, 9.17) is 35.4 Å². The van der Waals surface area contributed by atoms with Gasteiger partial charge in [0.25, 0.3) is 0 Å². The summed E-state index contributed by atoms with van der Waals surface area (Å²) in [5, 5.41) is 2.59. The third kappa shape index (κ3) is 11.5. The van der Waals surface area contributed by atoms with E-state index >= 15 is 0 Å². The molecule has 0 saturated carbocycles. The van der Waals surface area contributed by atoms with Crippen molar-refractivity contribution in [2.24, 2.45) is 0 Å². The lowest BCUT2D eigenvalue weighted by molar-refractivity contribution is -0.158. The van der Waals surface area contributed by atoms with Crippen molar-refractivity contribution in [3.05, 3.63) is 78.1 Å². The number of anilines is 1. The van der Waals surface area contributed by atoms with Gasteiger partial charge in [0.05, 0.1) is 12.4 Å². The number of halogens is 3. The first-order valence-electron chi connectivity index (χ1n) is 18.7. The Hall–Kier alpha value is -5.01. The molecule has 14 nitrogen and oxygen atoms in total. The second kappa shape index (κ2) is 19.4. The third-order valence-electron chi connectivity index (χ3n) is 9.00. The van der Waals surface area contributed by atoms with Crippen molar-refractivity contribution >= 4 is 36.7 Å². The van der Waals surface area contributed by atoms with Crippen molar-refractivity contribution < 1.29 is 50.6 Å². The first-order valence-corrected chi connectivity index (χ1v) is 20.2. The van der Waals surface area contributed by atoms with Crippen molar-refractivity contribution in [3.63, 3.8) is 0 Å². The standard InChI is InChI=1S/C39H46F3N6O8P/c1-5-7-8-9-10-14-17-33(49)54-31-22-32(48-24-44-34-35(43)45-38(42)46-36(34)48)55-39(31,6-2)23-52-57(51,56-29-15-12-11-13-16-29)47-30(37(50)53-25(3)4)20-26-18-27(40)21-28(41)19-26/h2,11-13,15-16,18-19,21,24-25,30-32H,5,7-10,14,17,20,22-23H2,1,3-4H3,(H,47,51)(H2,43,45,46)/t30?,31-,32+,39+,57-/m0/s1. The van der Waals surface area contributed by atoms with E-state index in [1.165, 1.54) is 23.0 Å². The van der Waals surface area contributed by atoms with Gasteiger partial charge in [-0.25, -0.2) is 18.3 Å². The molecule has 18 heteroatoms. The highest BCUT2D eigenvalue weighted by Crippen LogP contribution is 2.49. The summed E-state index contributed by atoms with van der Waals surface area (Å²) in [4.78, 5) is 38.2. The number of terminal acetylenes is 1. The van der Waals surface area contributed by atoms with Crippen LogP contribution in [0.2, 0.25) is 0 Å². The van der Waals surface area contributed by atoms with Crippen LogP contribution in [0.5, 0.6) is 5.75 Å². The Morgan fingerprint density at radius 2 is 1.79 bits per heavy atom. The highest BCUT2D eigenvalue weighted by molar-refractivity contribution is 7.52. The molecule has 3 N–H and O–H groups in total. The van der Waals surface area contributed by atoms with Crippen LogP contribution in [0.15, 0.2) is 54.9 Å². The number of nitrogens with two attached hydrogens (primary N) is 1. The van der Waals surface area contributed by atoms with Gasteiger partial charge in [-0.1, -0.05) is 63.1 Å². The molecule has 0 spiro atoms. The molecule has 0 aliphatic carbocycles. The van der Waals surface area contributed by atoms with E-state index in [0.717, 1.165) is 44.2 Å². The maximum Gasteiger partial charge on any atom is 0.459 e. The number of fused-ring (bicyclic) bond motifs is 1. The molecule has 1 saturated heterocycles. The topological polar surface area (TPSA) is 179 Å². The minimum absolute atomic E-state index is 0.0315. The van der Waals surface area contributed by atoms with Gasteiger partial charge in [-0.05, 0) is 56.5 Å². The number of nitrogens with one attached hydrogen (secondary N) is 1. The SMILES string of the molecule is C#C[C@]1(CO[P@@](=O)(NC(Cc2cc(F)cc(F)c2)C(=O)OC(C)C)Oc2ccccc2)O[C@@H](n2cnc3c(N)nc(F)nc32)C[C@@H]1OC(=O)CCCCCCCC. The summed E-state index contributed by atoms with van der Waals surface area (Å²) in [6, 6.07) is 8.99. The van der Waals surface area contributed by atoms with E-state index in [-0.39, 0.29) is 41.1 Å². The highest BCUT2D eigenvalue weighted by Gasteiger charge is 2.53. The fourth-order valence-corrected chi connectivity index (χ4v) is 7.80. The summed E-state index contributed by atoms with van der Waals surface area (Å²) < 4.78 is 88.5. The van der Waals surface area contributed by atoms with Crippen LogP contribution >= 0.6 is 7.75 Å². The molecule has 0 amide bonds. The lowest BCUT2D eigenvalue weighted by Crippen LogP contribution is -2.46. The molecular weight excluding hydrogens is 768 g/mol. The average molecular weight is 815 g/mol. The summed E-state index contributed by atoms with van der Waals surface area (Å²) in [5.41, 5.74) is 4.00. The zero-order valence-corrected chi connectivity index (χ0v) is 32.8. The van der Waals surface area contributed by atoms with E-state index in [1.54, 1.807) is 32.0 Å². The third-order valence-corrected chi connectivity index (χ3v) is 10.5.